The zero-order valence-electron chi connectivity index (χ0n) is 10.7. The monoisotopic (exact) mass is 267 g/mol. The van der Waals surface area contributed by atoms with Crippen LogP contribution >= 0.6 is 0 Å². The minimum atomic E-state index is -4.49. The number of halogens is 3. The van der Waals surface area contributed by atoms with Crippen LogP contribution in [0.5, 0.6) is 0 Å². The molecule has 0 spiro atoms. The van der Waals surface area contributed by atoms with E-state index in [0.717, 1.165) is 12.8 Å². The van der Waals surface area contributed by atoms with E-state index < -0.39 is 17.9 Å². The van der Waals surface area contributed by atoms with Crippen LogP contribution in [-0.2, 0) is 0 Å². The van der Waals surface area contributed by atoms with Crippen LogP contribution in [0.4, 0.5) is 13.2 Å². The van der Waals surface area contributed by atoms with Gasteiger partial charge < -0.3 is 15.8 Å². The van der Waals surface area contributed by atoms with Gasteiger partial charge in [-0.25, -0.2) is 0 Å². The van der Waals surface area contributed by atoms with Crippen molar-refractivity contribution in [2.24, 2.45) is 22.2 Å². The molecule has 1 fully saturated rings. The Morgan fingerprint density at radius 3 is 2.56 bits per heavy atom. The number of oxime groups is 1. The lowest BCUT2D eigenvalue weighted by Gasteiger charge is -2.39. The van der Waals surface area contributed by atoms with E-state index in [0.29, 0.717) is 13.1 Å². The first kappa shape index (κ1) is 15.1. The van der Waals surface area contributed by atoms with Crippen molar-refractivity contribution in [3.63, 3.8) is 0 Å². The van der Waals surface area contributed by atoms with Gasteiger partial charge in [0.15, 0.2) is 5.84 Å². The van der Waals surface area contributed by atoms with Crippen LogP contribution in [0.2, 0.25) is 0 Å². The van der Waals surface area contributed by atoms with Gasteiger partial charge in [-0.05, 0) is 24.8 Å². The van der Waals surface area contributed by atoms with Crippen molar-refractivity contribution in [1.82, 2.24) is 4.90 Å². The Morgan fingerprint density at radius 2 is 2.11 bits per heavy atom. The summed E-state index contributed by atoms with van der Waals surface area (Å²) in [6.07, 6.45) is -2.62. The second-order valence-electron chi connectivity index (χ2n) is 5.62. The molecule has 1 atom stereocenters. The van der Waals surface area contributed by atoms with E-state index in [2.05, 4.69) is 5.16 Å². The molecule has 0 saturated carbocycles. The van der Waals surface area contributed by atoms with Crippen molar-refractivity contribution in [3.05, 3.63) is 0 Å². The molecule has 1 heterocycles. The topological polar surface area (TPSA) is 61.8 Å². The Kier molecular flexibility index (Phi) is 4.47. The molecular weight excluding hydrogens is 247 g/mol. The molecule has 0 aromatic heterocycles. The summed E-state index contributed by atoms with van der Waals surface area (Å²) >= 11 is 0. The molecule has 1 saturated heterocycles. The van der Waals surface area contributed by atoms with E-state index in [9.17, 15) is 13.2 Å². The van der Waals surface area contributed by atoms with Gasteiger partial charge in [0.05, 0.1) is 0 Å². The van der Waals surface area contributed by atoms with Crippen molar-refractivity contribution >= 4 is 5.84 Å². The van der Waals surface area contributed by atoms with Gasteiger partial charge in [-0.15, -0.1) is 0 Å². The quantitative estimate of drug-likeness (QED) is 0.356. The molecule has 0 amide bonds. The van der Waals surface area contributed by atoms with Crippen molar-refractivity contribution in [2.75, 3.05) is 19.6 Å². The van der Waals surface area contributed by atoms with Gasteiger partial charge in [-0.1, -0.05) is 19.0 Å². The number of amidine groups is 1. The molecule has 18 heavy (non-hydrogen) atoms. The van der Waals surface area contributed by atoms with E-state index >= 15 is 0 Å². The molecular formula is C11H20F3N3O. The van der Waals surface area contributed by atoms with Crippen LogP contribution < -0.4 is 5.73 Å². The summed E-state index contributed by atoms with van der Waals surface area (Å²) in [4.78, 5) is 1.74. The molecule has 4 nitrogen and oxygen atoms in total. The van der Waals surface area contributed by atoms with Crippen molar-refractivity contribution in [3.8, 4) is 0 Å². The number of hydrogen-bond acceptors (Lipinski definition) is 3. The van der Waals surface area contributed by atoms with Crippen LogP contribution in [0, 0.1) is 11.3 Å². The lowest BCUT2D eigenvalue weighted by atomic mass is 9.84. The lowest BCUT2D eigenvalue weighted by Crippen LogP contribution is -2.48. The Morgan fingerprint density at radius 1 is 1.50 bits per heavy atom. The summed E-state index contributed by atoms with van der Waals surface area (Å²) < 4.78 is 38.4. The molecule has 1 rings (SSSR count). The van der Waals surface area contributed by atoms with Crippen molar-refractivity contribution < 1.29 is 18.4 Å². The highest BCUT2D eigenvalue weighted by Crippen LogP contribution is 2.32. The number of nitrogens with two attached hydrogens (primary N) is 1. The van der Waals surface area contributed by atoms with Gasteiger partial charge in [0, 0.05) is 13.1 Å². The van der Waals surface area contributed by atoms with Crippen LogP contribution in [0.15, 0.2) is 5.16 Å². The average Bonchev–Trinajstić information content (AvgIpc) is 2.22. The van der Waals surface area contributed by atoms with E-state index in [-0.39, 0.29) is 12.0 Å². The number of rotatable bonds is 3. The normalized spacial score (nSPS) is 23.9. The van der Waals surface area contributed by atoms with E-state index in [4.69, 9.17) is 10.9 Å². The largest absolute Gasteiger partial charge is 0.409 e. The molecule has 3 N–H and O–H groups in total. The van der Waals surface area contributed by atoms with Crippen molar-refractivity contribution in [2.45, 2.75) is 32.9 Å². The number of piperidine rings is 1. The number of hydrogen-bond donors (Lipinski definition) is 2. The predicted molar refractivity (Wildman–Crippen MR) is 62.4 cm³/mol. The number of alkyl halides is 3. The van der Waals surface area contributed by atoms with Gasteiger partial charge >= 0.3 is 6.18 Å². The minimum Gasteiger partial charge on any atom is -0.409 e. The average molecular weight is 267 g/mol. The highest BCUT2D eigenvalue weighted by molar-refractivity contribution is 5.83. The molecule has 7 heteroatoms. The summed E-state index contributed by atoms with van der Waals surface area (Å²) in [5.41, 5.74) is 5.15. The smallest absolute Gasteiger partial charge is 0.400 e. The fourth-order valence-electron chi connectivity index (χ4n) is 2.39. The molecule has 0 aliphatic carbocycles. The SMILES string of the molecule is CC1(C)CCCN(CC(C(N)=NO)C(F)(F)F)C1. The number of likely N-dealkylation sites (tertiary alicyclic amines) is 1. The van der Waals surface area contributed by atoms with E-state index in [1.807, 2.05) is 13.8 Å². The summed E-state index contributed by atoms with van der Waals surface area (Å²) in [5, 5.41) is 10.9. The summed E-state index contributed by atoms with van der Waals surface area (Å²) in [7, 11) is 0. The van der Waals surface area contributed by atoms with Crippen molar-refractivity contribution in [1.29, 1.82) is 0 Å². The van der Waals surface area contributed by atoms with Gasteiger partial charge in [0.2, 0.25) is 0 Å². The fraction of sp³-hybridized carbons (Fsp3) is 0.909. The zero-order valence-corrected chi connectivity index (χ0v) is 10.7. The first-order valence-electron chi connectivity index (χ1n) is 5.92. The van der Waals surface area contributed by atoms with E-state index in [1.165, 1.54) is 0 Å². The molecule has 0 bridgehead atoms. The van der Waals surface area contributed by atoms with Gasteiger partial charge in [0.25, 0.3) is 0 Å². The predicted octanol–water partition coefficient (Wildman–Crippen LogP) is 2.03. The Balaban J connectivity index is 2.73. The van der Waals surface area contributed by atoms with Gasteiger partial charge in [0.1, 0.15) is 5.92 Å². The maximum Gasteiger partial charge on any atom is 0.400 e. The third-order valence-corrected chi connectivity index (χ3v) is 3.29. The van der Waals surface area contributed by atoms with Gasteiger partial charge in [-0.2, -0.15) is 13.2 Å². The highest BCUT2D eigenvalue weighted by Gasteiger charge is 2.44. The van der Waals surface area contributed by atoms with Crippen LogP contribution in [0.3, 0.4) is 0 Å². The van der Waals surface area contributed by atoms with Crippen LogP contribution in [0.25, 0.3) is 0 Å². The lowest BCUT2D eigenvalue weighted by molar-refractivity contribution is -0.161. The Bertz CT molecular complexity index is 315. The number of nitrogens with zero attached hydrogens (tertiary/aromatic N) is 2. The highest BCUT2D eigenvalue weighted by atomic mass is 19.4. The Hall–Kier alpha value is -0.980. The van der Waals surface area contributed by atoms with Crippen LogP contribution in [-0.4, -0.2) is 41.8 Å². The second-order valence-corrected chi connectivity index (χ2v) is 5.62. The minimum absolute atomic E-state index is 0.0134. The molecule has 0 radical (unpaired) electrons. The fourth-order valence-corrected chi connectivity index (χ4v) is 2.39. The summed E-state index contributed by atoms with van der Waals surface area (Å²) in [6.45, 7) is 5.03. The third kappa shape index (κ3) is 4.04. The summed E-state index contributed by atoms with van der Waals surface area (Å²) in [6, 6.07) is 0. The second kappa shape index (κ2) is 5.34. The first-order valence-corrected chi connectivity index (χ1v) is 5.92. The maximum atomic E-state index is 12.8. The standard InChI is InChI=1S/C11H20F3N3O/c1-10(2)4-3-5-17(7-10)6-8(9(15)16-18)11(12,13)14/h8,18H,3-7H2,1-2H3,(H2,15,16). The first-order chi connectivity index (χ1) is 8.15. The molecule has 1 unspecified atom stereocenters. The molecule has 1 aliphatic heterocycles. The van der Waals surface area contributed by atoms with Crippen LogP contribution in [0.1, 0.15) is 26.7 Å². The van der Waals surface area contributed by atoms with E-state index in [1.54, 1.807) is 4.90 Å². The summed E-state index contributed by atoms with van der Waals surface area (Å²) in [5.74, 6) is -2.68. The molecule has 0 aromatic rings. The third-order valence-electron chi connectivity index (χ3n) is 3.29. The molecule has 0 aromatic carbocycles. The van der Waals surface area contributed by atoms with Gasteiger partial charge in [-0.3, -0.25) is 0 Å². The molecule has 106 valence electrons. The molecule has 1 aliphatic rings. The Labute approximate surface area is 105 Å². The zero-order chi connectivity index (χ0) is 14.0. The maximum absolute atomic E-state index is 12.8.